The van der Waals surface area contributed by atoms with Crippen LogP contribution in [0.15, 0.2) is 60.7 Å². The summed E-state index contributed by atoms with van der Waals surface area (Å²) in [6.07, 6.45) is 14.9. The van der Waals surface area contributed by atoms with Gasteiger partial charge in [-0.3, -0.25) is 38.4 Å². The summed E-state index contributed by atoms with van der Waals surface area (Å²) in [7, 11) is 0. The standard InChI is InChI=1S/C20H32O2.C16H26O3.C13H18O5.C13H22O3.C13H24O2.C11H16.C10H14.C9H12F6O2.C9H16O3/c1-5-19(3,4)18(21)22-20(6-2)11-14-10-15(20)17-13-8-7-12(9-13)16(14)17;1-4-14(2,3)13(17)19-16-8-11-5-12(9-16)7-15(18,6-11)10-16;1-4-13(2,3)12(15)18-9-7-5-6-8(16-7)10(9)17-11(6)14;1-4-13(2,3)12(14)15-8-9-5-6-10-11(7-9)16-10;1-5-12(3,4)11(14)15-13(6-2)9-7-8-10-13;1-4-11(2,3)10-8-6-5-7-9-10;1-3-9(2)10-7-5-4-6-8-10;1-4-7(2,3)6(16)17-5(8(10,11)12)9(13,14)15;1-4-9(2,3)8(10)12-6-7-5-11-7/h12-17H,5-11H2,1-4H3;11-12,18H,4-10H2,1-3H3;6-10H,4-5H2,1-3H3;9-11H,4-8H2,1-3H3;5-10H2,1-4H3;5-9H,4H2,1-3H3;4-9H,3H2,1-2H3;5H,4H2,1-3H3;7H,4-6H2,1-3H3. The molecule has 2 aromatic carbocycles. The molecule has 20 nitrogen and oxygen atoms in total. The number of epoxide rings is 2. The fourth-order valence-electron chi connectivity index (χ4n) is 22.0. The van der Waals surface area contributed by atoms with Crippen molar-refractivity contribution in [3.63, 3.8) is 0 Å². The van der Waals surface area contributed by atoms with Gasteiger partial charge in [-0.2, -0.15) is 26.3 Å². The Morgan fingerprint density at radius 3 is 1.40 bits per heavy atom. The first-order valence-corrected chi connectivity index (χ1v) is 53.5. The fraction of sp³-hybridized carbons (Fsp3) is 0.825. The first kappa shape index (κ1) is 119. The van der Waals surface area contributed by atoms with Crippen molar-refractivity contribution >= 4 is 47.8 Å². The van der Waals surface area contributed by atoms with Crippen LogP contribution in [0.4, 0.5) is 26.3 Å². The Kier molecular flexibility index (Phi) is 40.8. The highest BCUT2D eigenvalue weighted by molar-refractivity contribution is 5.80. The van der Waals surface area contributed by atoms with Crippen LogP contribution in [-0.4, -0.2) is 156 Å². The molecule has 10 bridgehead atoms. The molecule has 19 atom stereocenters. The lowest BCUT2D eigenvalue weighted by atomic mass is 9.52. The molecular weight excluding hydrogens is 1800 g/mol. The van der Waals surface area contributed by atoms with Gasteiger partial charge in [-0.1, -0.05) is 158 Å². The second-order valence-electron chi connectivity index (χ2n) is 48.6. The minimum absolute atomic E-state index is 0.0197. The third-order valence-electron chi connectivity index (χ3n) is 35.2. The van der Waals surface area contributed by atoms with Crippen LogP contribution in [0.5, 0.6) is 0 Å². The number of alkyl halides is 6. The number of halogens is 6. The Balaban J connectivity index is 0.000000195. The van der Waals surface area contributed by atoms with Crippen molar-refractivity contribution in [2.24, 2.45) is 97.1 Å². The van der Waals surface area contributed by atoms with Crippen LogP contribution >= 0.6 is 0 Å². The highest BCUT2D eigenvalue weighted by Gasteiger charge is 2.70. The van der Waals surface area contributed by atoms with Gasteiger partial charge in [-0.05, 0) is 353 Å². The number of hydrogen-bond acceptors (Lipinski definition) is 20. The van der Waals surface area contributed by atoms with Gasteiger partial charge in [0.25, 0.3) is 6.10 Å². The van der Waals surface area contributed by atoms with Gasteiger partial charge in [0, 0.05) is 12.3 Å². The Bertz CT molecular complexity index is 4300. The lowest BCUT2D eigenvalue weighted by molar-refractivity contribution is -0.315. The summed E-state index contributed by atoms with van der Waals surface area (Å²) in [6, 6.07) is 21.3. The SMILES string of the molecule is CCC(C)(C)C(=O)OC(C(F)(F)F)C(F)(F)F.CCC(C)(C)C(=O)OC1(CC)CC2CC1C1C3CCC(C3)C21.CCC(C)(C)C(=O)OC12CC3CC(CC(O)(C3)C1)C2.CCC(C)(C)C(=O)OC1C2CC3C(=O)OC1C3O2.CCC(C)(C)C(=O)OCC1CCC2OC2C1.CCC(C)(C)C(=O)OCC1CO1.CCC(C)(C)c1ccccc1.CCC(C)c1ccccc1.CCC1(OC(=O)C(C)(C)CC)CCCC1. The first-order chi connectivity index (χ1) is 65.0. The van der Waals surface area contributed by atoms with E-state index in [9.17, 15) is 69.8 Å². The van der Waals surface area contributed by atoms with Crippen LogP contribution in [0, 0.1) is 97.1 Å². The lowest BCUT2D eigenvalue weighted by Gasteiger charge is -2.59. The number of benzene rings is 2. The highest BCUT2D eigenvalue weighted by Crippen LogP contribution is 2.71. The van der Waals surface area contributed by atoms with Gasteiger partial charge in [0.2, 0.25) is 0 Å². The molecule has 17 rings (SSSR count). The van der Waals surface area contributed by atoms with E-state index < -0.39 is 58.5 Å². The molecule has 798 valence electrons. The first-order valence-electron chi connectivity index (χ1n) is 53.5. The summed E-state index contributed by atoms with van der Waals surface area (Å²) < 4.78 is 131. The van der Waals surface area contributed by atoms with E-state index in [2.05, 4.69) is 121 Å². The van der Waals surface area contributed by atoms with E-state index in [1.165, 1.54) is 89.7 Å². The molecule has 10 aliphatic carbocycles. The summed E-state index contributed by atoms with van der Waals surface area (Å²) >= 11 is 0. The third-order valence-corrected chi connectivity index (χ3v) is 35.2. The smallest absolute Gasteiger partial charge is 0.434 e. The van der Waals surface area contributed by atoms with Crippen LogP contribution in [0.3, 0.4) is 0 Å². The van der Waals surface area contributed by atoms with Crippen molar-refractivity contribution < 1.29 is 122 Å². The van der Waals surface area contributed by atoms with E-state index in [0.29, 0.717) is 79.7 Å². The van der Waals surface area contributed by atoms with E-state index in [1.807, 2.05) is 118 Å². The molecule has 0 amide bonds. The molecule has 0 spiro atoms. The number of fused-ring (bicyclic) bond motifs is 11. The summed E-state index contributed by atoms with van der Waals surface area (Å²) in [5.74, 6) is 5.33. The molecular formula is C114H180F6O20. The van der Waals surface area contributed by atoms with Crippen molar-refractivity contribution in [1.82, 2.24) is 0 Å². The number of carbonyl (C=O) groups is 8. The van der Waals surface area contributed by atoms with E-state index >= 15 is 0 Å². The molecule has 26 heteroatoms. The minimum atomic E-state index is -5.67. The summed E-state index contributed by atoms with van der Waals surface area (Å²) in [5, 5.41) is 10.6. The van der Waals surface area contributed by atoms with Gasteiger partial charge in [-0.15, -0.1) is 0 Å². The van der Waals surface area contributed by atoms with E-state index in [1.54, 1.807) is 0 Å². The van der Waals surface area contributed by atoms with Gasteiger partial charge in [-0.25, -0.2) is 0 Å². The van der Waals surface area contributed by atoms with Gasteiger partial charge in [0.1, 0.15) is 35.6 Å². The molecule has 5 saturated heterocycles. The van der Waals surface area contributed by atoms with Crippen LogP contribution in [0.25, 0.3) is 0 Å². The largest absolute Gasteiger partial charge is 0.465 e. The Morgan fingerprint density at radius 2 is 0.936 bits per heavy atom. The molecule has 2 aromatic rings. The van der Waals surface area contributed by atoms with Gasteiger partial charge in [0.05, 0.1) is 80.9 Å². The Labute approximate surface area is 835 Å². The predicted octanol–water partition coefficient (Wildman–Crippen LogP) is 26.5. The van der Waals surface area contributed by atoms with Crippen molar-refractivity contribution in [1.29, 1.82) is 0 Å². The molecule has 10 saturated carbocycles. The Hall–Kier alpha value is -6.38. The zero-order valence-corrected chi connectivity index (χ0v) is 90.5. The number of aliphatic hydroxyl groups is 1. The molecule has 0 aromatic heterocycles. The summed E-state index contributed by atoms with van der Waals surface area (Å²) in [6.45, 7) is 56.6. The number of rotatable bonds is 29. The van der Waals surface area contributed by atoms with E-state index in [4.69, 9.17) is 47.4 Å². The number of esters is 8. The molecule has 5 aliphatic heterocycles. The van der Waals surface area contributed by atoms with Crippen molar-refractivity contribution in [3.8, 4) is 0 Å². The minimum Gasteiger partial charge on any atom is -0.465 e. The van der Waals surface area contributed by atoms with Gasteiger partial charge >= 0.3 is 60.1 Å². The average Bonchev–Trinajstić information content (AvgIpc) is 1.52. The van der Waals surface area contributed by atoms with E-state index in [0.717, 1.165) is 145 Å². The fourth-order valence-corrected chi connectivity index (χ4v) is 22.0. The van der Waals surface area contributed by atoms with Crippen LogP contribution in [0.2, 0.25) is 0 Å². The average molecular weight is 1980 g/mol. The Morgan fingerprint density at radius 1 is 0.464 bits per heavy atom. The van der Waals surface area contributed by atoms with Crippen LogP contribution in [-0.2, 0) is 95.9 Å². The second kappa shape index (κ2) is 48.1. The third kappa shape index (κ3) is 30.4. The maximum atomic E-state index is 12.7. The maximum absolute atomic E-state index is 12.7. The molecule has 140 heavy (non-hydrogen) atoms. The molecule has 19 unspecified atom stereocenters. The zero-order valence-electron chi connectivity index (χ0n) is 90.5. The second-order valence-corrected chi connectivity index (χ2v) is 48.6. The molecule has 1 N–H and O–H groups in total. The normalized spacial score (nSPS) is 30.3. The van der Waals surface area contributed by atoms with Crippen LogP contribution < -0.4 is 0 Å². The van der Waals surface area contributed by atoms with Crippen molar-refractivity contribution in [2.45, 2.75) is 481 Å². The molecule has 0 radical (unpaired) electrons. The van der Waals surface area contributed by atoms with Crippen molar-refractivity contribution in [2.75, 3.05) is 19.8 Å². The topological polar surface area (TPSA) is 265 Å². The predicted molar refractivity (Wildman–Crippen MR) is 529 cm³/mol. The number of ether oxygens (including phenoxy) is 11. The lowest BCUT2D eigenvalue weighted by Crippen LogP contribution is -2.61. The van der Waals surface area contributed by atoms with Gasteiger partial charge in [0.15, 0.2) is 12.2 Å². The maximum Gasteiger partial charge on any atom is 0.434 e. The summed E-state index contributed by atoms with van der Waals surface area (Å²) in [5.41, 5.74) is -1.63. The summed E-state index contributed by atoms with van der Waals surface area (Å²) in [4.78, 5) is 95.0. The van der Waals surface area contributed by atoms with Crippen molar-refractivity contribution in [3.05, 3.63) is 71.8 Å². The number of carbonyl (C=O) groups excluding carboxylic acids is 8. The van der Waals surface area contributed by atoms with Gasteiger partial charge < -0.3 is 57.2 Å². The quantitative estimate of drug-likeness (QED) is 0.0261. The molecule has 15 fully saturated rings. The highest BCUT2D eigenvalue weighted by atomic mass is 19.4. The van der Waals surface area contributed by atoms with Crippen LogP contribution in [0.1, 0.15) is 404 Å². The van der Waals surface area contributed by atoms with E-state index in [-0.39, 0.29) is 111 Å². The molecule has 15 aliphatic rings. The monoisotopic (exact) mass is 1980 g/mol. The number of hydrogen-bond donors (Lipinski definition) is 1. The molecule has 5 heterocycles. The zero-order chi connectivity index (χ0) is 105.